The van der Waals surface area contributed by atoms with Crippen molar-refractivity contribution in [2.24, 2.45) is 0 Å². The first-order valence-electron chi connectivity index (χ1n) is 30.0. The molecule has 0 nitrogen and oxygen atoms in total. The molecule has 0 atom stereocenters. The molecule has 0 heteroatoms. The molecule has 410 valence electrons. The summed E-state index contributed by atoms with van der Waals surface area (Å²) in [6, 6.07) is 82.6. The van der Waals surface area contributed by atoms with E-state index in [0.29, 0.717) is 0 Å². The average Bonchev–Trinajstić information content (AvgIpc) is 1.39. The molecular weight excluding hydrogens is 1030 g/mol. The van der Waals surface area contributed by atoms with Crippen LogP contribution in [0, 0.1) is 0 Å². The Labute approximate surface area is 505 Å². The molecule has 0 aliphatic heterocycles. The van der Waals surface area contributed by atoms with Crippen molar-refractivity contribution < 1.29 is 0 Å². The summed E-state index contributed by atoms with van der Waals surface area (Å²) in [6.07, 6.45) is 36.4. The summed E-state index contributed by atoms with van der Waals surface area (Å²) in [5.41, 5.74) is 18.9. The molecule has 0 unspecified atom stereocenters. The third kappa shape index (κ3) is 10.3. The van der Waals surface area contributed by atoms with Gasteiger partial charge in [-0.15, -0.1) is 0 Å². The van der Waals surface area contributed by atoms with E-state index in [2.05, 4.69) is 343 Å². The maximum absolute atomic E-state index is 4.36. The van der Waals surface area contributed by atoms with Crippen molar-refractivity contribution >= 4 is 83.2 Å². The number of hydrogen-bond acceptors (Lipinski definition) is 0. The Morgan fingerprint density at radius 1 is 0.384 bits per heavy atom. The minimum absolute atomic E-state index is 0.915. The minimum Gasteiger partial charge on any atom is -0.0984 e. The molecule has 0 amide bonds. The zero-order valence-corrected chi connectivity index (χ0v) is 49.0. The van der Waals surface area contributed by atoms with Crippen LogP contribution in [0.4, 0.5) is 0 Å². The van der Waals surface area contributed by atoms with E-state index < -0.39 is 0 Å². The molecule has 0 bridgehead atoms. The van der Waals surface area contributed by atoms with Crippen LogP contribution in [0.15, 0.2) is 316 Å². The van der Waals surface area contributed by atoms with Gasteiger partial charge in [-0.25, -0.2) is 0 Å². The van der Waals surface area contributed by atoms with Gasteiger partial charge < -0.3 is 0 Å². The molecule has 86 heavy (non-hydrogen) atoms. The van der Waals surface area contributed by atoms with Crippen LogP contribution in [0.5, 0.6) is 0 Å². The van der Waals surface area contributed by atoms with Gasteiger partial charge in [-0.1, -0.05) is 322 Å². The first-order valence-corrected chi connectivity index (χ1v) is 30.0. The van der Waals surface area contributed by atoms with Crippen LogP contribution in [0.25, 0.3) is 139 Å². The smallest absolute Gasteiger partial charge is 0.00143 e. The van der Waals surface area contributed by atoms with Crippen LogP contribution in [-0.2, 0) is 0 Å². The van der Waals surface area contributed by atoms with Crippen LogP contribution >= 0.6 is 0 Å². The van der Waals surface area contributed by atoms with Gasteiger partial charge in [0.15, 0.2) is 0 Å². The third-order valence-electron chi connectivity index (χ3n) is 16.9. The molecule has 12 aromatic carbocycles. The highest BCUT2D eigenvalue weighted by Gasteiger charge is 2.23. The lowest BCUT2D eigenvalue weighted by molar-refractivity contribution is 1.26. The lowest BCUT2D eigenvalue weighted by Gasteiger charge is -2.22. The maximum Gasteiger partial charge on any atom is -0.00143 e. The fraction of sp³-hybridized carbons (Fsp3) is 0.0465. The van der Waals surface area contributed by atoms with Gasteiger partial charge >= 0.3 is 0 Å². The Hall–Kier alpha value is -10.7. The number of rotatable bonds is 13. The van der Waals surface area contributed by atoms with Crippen LogP contribution < -0.4 is 10.4 Å². The Kier molecular flexibility index (Phi) is 15.7. The molecule has 0 spiro atoms. The van der Waals surface area contributed by atoms with Crippen LogP contribution in [0.3, 0.4) is 0 Å². The van der Waals surface area contributed by atoms with E-state index in [1.54, 1.807) is 0 Å². The highest BCUT2D eigenvalue weighted by molar-refractivity contribution is 6.21. The van der Waals surface area contributed by atoms with Gasteiger partial charge in [0.2, 0.25) is 0 Å². The topological polar surface area (TPSA) is 0 Å². The van der Waals surface area contributed by atoms with Gasteiger partial charge in [-0.05, 0) is 187 Å². The molecule has 0 heterocycles. The standard InChI is InChI=1S/C86H66/c1-5-9-40-70-69(8-4)71(49-29-39-62(30-6-2)81-76-45-25-27-47-78(76)83(79-48-28-26-46-77(79)81)68-57-52-61-33-19-20-38-67(61)58-68)84(63-34-15-11-16-35-63)86(64-36-17-12-18-37-64)85(70)66-55-53-65(54-56-66)82-74-43-23-21-41-72(74)80(73-42-22-24-44-75(73)82)60(7-3)51-50-59-31-13-10-14-32-59/h5-31,33-58H,3,32H2,1-2,4H3/b9-5-,30-6-,49-29+,59-50-,60-51+,62-39+,69-8+,70-40+. The van der Waals surface area contributed by atoms with Crippen molar-refractivity contribution in [1.82, 2.24) is 0 Å². The second-order valence-electron chi connectivity index (χ2n) is 21.9. The largest absolute Gasteiger partial charge is 0.0984 e. The molecule has 1 aliphatic carbocycles. The number of benzene rings is 12. The molecule has 0 saturated carbocycles. The van der Waals surface area contributed by atoms with Crippen molar-refractivity contribution in [2.75, 3.05) is 0 Å². The van der Waals surface area contributed by atoms with Crippen molar-refractivity contribution in [3.05, 3.63) is 343 Å². The number of hydrogen-bond donors (Lipinski definition) is 0. The molecule has 0 N–H and O–H groups in total. The van der Waals surface area contributed by atoms with Crippen LogP contribution in [-0.4, -0.2) is 0 Å². The predicted molar refractivity (Wildman–Crippen MR) is 377 cm³/mol. The van der Waals surface area contributed by atoms with Gasteiger partial charge in [-0.3, -0.25) is 0 Å². The van der Waals surface area contributed by atoms with E-state index in [-0.39, 0.29) is 0 Å². The van der Waals surface area contributed by atoms with E-state index in [4.69, 9.17) is 0 Å². The van der Waals surface area contributed by atoms with E-state index in [9.17, 15) is 0 Å². The Bertz CT molecular complexity index is 4890. The van der Waals surface area contributed by atoms with Crippen LogP contribution in [0.2, 0.25) is 0 Å². The maximum atomic E-state index is 4.36. The van der Waals surface area contributed by atoms with Gasteiger partial charge in [0.25, 0.3) is 0 Å². The molecule has 0 radical (unpaired) electrons. The van der Waals surface area contributed by atoms with Gasteiger partial charge in [0.05, 0.1) is 0 Å². The van der Waals surface area contributed by atoms with Crippen molar-refractivity contribution in [1.29, 1.82) is 0 Å². The second-order valence-corrected chi connectivity index (χ2v) is 21.9. The highest BCUT2D eigenvalue weighted by atomic mass is 14.3. The second kappa shape index (κ2) is 24.7. The zero-order chi connectivity index (χ0) is 58.3. The molecule has 13 rings (SSSR count). The highest BCUT2D eigenvalue weighted by Crippen LogP contribution is 2.46. The third-order valence-corrected chi connectivity index (χ3v) is 16.9. The summed E-state index contributed by atoms with van der Waals surface area (Å²) in [5, 5.41) is 14.5. The van der Waals surface area contributed by atoms with Gasteiger partial charge in [-0.2, -0.15) is 0 Å². The zero-order valence-electron chi connectivity index (χ0n) is 49.0. The first-order chi connectivity index (χ1) is 42.6. The summed E-state index contributed by atoms with van der Waals surface area (Å²) in [5.74, 6) is 0. The average molecular weight is 1100 g/mol. The predicted octanol–water partition coefficient (Wildman–Crippen LogP) is 22.6. The fourth-order valence-electron chi connectivity index (χ4n) is 13.2. The molecular formula is C86H66. The Morgan fingerprint density at radius 2 is 0.872 bits per heavy atom. The van der Waals surface area contributed by atoms with E-state index in [1.165, 1.54) is 109 Å². The summed E-state index contributed by atoms with van der Waals surface area (Å²) < 4.78 is 0. The summed E-state index contributed by atoms with van der Waals surface area (Å²) in [4.78, 5) is 0. The lowest BCUT2D eigenvalue weighted by Crippen LogP contribution is -2.31. The number of fused-ring (bicyclic) bond motifs is 5. The minimum atomic E-state index is 0.915. The quantitative estimate of drug-likeness (QED) is 0.0797. The summed E-state index contributed by atoms with van der Waals surface area (Å²) in [6.45, 7) is 10.8. The first kappa shape index (κ1) is 54.6. The normalized spacial score (nSPS) is 14.1. The Balaban J connectivity index is 1.01. The monoisotopic (exact) mass is 1100 g/mol. The van der Waals surface area contributed by atoms with Gasteiger partial charge in [0.1, 0.15) is 0 Å². The molecule has 12 aromatic rings. The van der Waals surface area contributed by atoms with E-state index in [0.717, 1.165) is 50.6 Å². The molecule has 1 aliphatic rings. The van der Waals surface area contributed by atoms with E-state index in [1.807, 2.05) is 6.08 Å². The van der Waals surface area contributed by atoms with Crippen molar-refractivity contribution in [3.8, 4) is 55.6 Å². The lowest BCUT2D eigenvalue weighted by atomic mass is 9.81. The van der Waals surface area contributed by atoms with Crippen LogP contribution in [0.1, 0.15) is 43.9 Å². The van der Waals surface area contributed by atoms with Crippen molar-refractivity contribution in [3.63, 3.8) is 0 Å². The summed E-state index contributed by atoms with van der Waals surface area (Å²) >= 11 is 0. The van der Waals surface area contributed by atoms with E-state index >= 15 is 0 Å². The number of allylic oxidation sites excluding steroid dienone is 16. The molecule has 0 aromatic heterocycles. The van der Waals surface area contributed by atoms with Gasteiger partial charge in [0, 0.05) is 0 Å². The SMILES string of the molecule is C=C/C(=C\C=C1\C=CC=CC1)c1c2ccccc2c(-c2ccc(-c3c(-c4ccccc4)c(-c4ccccc4)c(/C=C/C=C(\C=C/C)c4c5ccccc5c(-c5ccc6ccccc6c5)c5ccccc45)c(=C/C)/c3=C\C=C/C)cc2)c2ccccc12. The molecule has 0 saturated heterocycles. The fourth-order valence-corrected chi connectivity index (χ4v) is 13.2. The van der Waals surface area contributed by atoms with Crippen molar-refractivity contribution in [2.45, 2.75) is 27.2 Å². The molecule has 0 fully saturated rings. The summed E-state index contributed by atoms with van der Waals surface area (Å²) in [7, 11) is 0. The Morgan fingerprint density at radius 3 is 1.41 bits per heavy atom.